The summed E-state index contributed by atoms with van der Waals surface area (Å²) < 4.78 is 5.24. The number of fused-ring (bicyclic) bond motifs is 2. The van der Waals surface area contributed by atoms with E-state index in [9.17, 15) is 4.79 Å². The van der Waals surface area contributed by atoms with Crippen LogP contribution in [0.2, 0.25) is 0 Å². The van der Waals surface area contributed by atoms with Gasteiger partial charge in [-0.2, -0.15) is 0 Å². The van der Waals surface area contributed by atoms with Crippen molar-refractivity contribution in [3.63, 3.8) is 0 Å². The minimum Gasteiger partial charge on any atom is -0.450 e. The first-order chi connectivity index (χ1) is 10.00. The van der Waals surface area contributed by atoms with Crippen LogP contribution in [0.4, 0.5) is 4.79 Å². The molecule has 3 rings (SSSR count). The third-order valence-corrected chi connectivity index (χ3v) is 5.85. The average molecular weight is 294 g/mol. The van der Waals surface area contributed by atoms with E-state index in [4.69, 9.17) is 4.74 Å². The van der Waals surface area contributed by atoms with Crippen molar-refractivity contribution >= 4 is 6.09 Å². The Morgan fingerprint density at radius 1 is 1.10 bits per heavy atom. The molecule has 0 radical (unpaired) electrons. The molecule has 3 aliphatic rings. The predicted molar refractivity (Wildman–Crippen MR) is 83.3 cm³/mol. The molecule has 0 saturated carbocycles. The van der Waals surface area contributed by atoms with Gasteiger partial charge < -0.3 is 14.5 Å². The Morgan fingerprint density at radius 2 is 1.67 bits per heavy atom. The third-order valence-electron chi connectivity index (χ3n) is 5.85. The maximum Gasteiger partial charge on any atom is 0.410 e. The molecule has 120 valence electrons. The van der Waals surface area contributed by atoms with E-state index in [0.717, 1.165) is 12.8 Å². The predicted octanol–water partition coefficient (Wildman–Crippen LogP) is 3.26. The van der Waals surface area contributed by atoms with Crippen molar-refractivity contribution < 1.29 is 9.53 Å². The zero-order valence-electron chi connectivity index (χ0n) is 13.8. The number of hydrogen-bond acceptors (Lipinski definition) is 3. The molecule has 3 fully saturated rings. The molecule has 0 aromatic rings. The van der Waals surface area contributed by atoms with Gasteiger partial charge in [-0.15, -0.1) is 0 Å². The fraction of sp³-hybridized carbons (Fsp3) is 0.941. The van der Waals surface area contributed by atoms with Crippen LogP contribution < -0.4 is 0 Å². The number of likely N-dealkylation sites (tertiary alicyclic amines) is 1. The molecule has 0 aromatic carbocycles. The summed E-state index contributed by atoms with van der Waals surface area (Å²) in [5.74, 6) is 0. The molecule has 1 amide bonds. The number of carbonyl (C=O) groups excluding carboxylic acids is 1. The van der Waals surface area contributed by atoms with Crippen LogP contribution in [-0.2, 0) is 4.74 Å². The van der Waals surface area contributed by atoms with Gasteiger partial charge in [-0.1, -0.05) is 13.8 Å². The molecule has 4 nitrogen and oxygen atoms in total. The quantitative estimate of drug-likeness (QED) is 0.783. The normalized spacial score (nSPS) is 35.8. The number of rotatable bonds is 2. The number of amides is 1. The molecular formula is C17H30N2O2. The Bertz CT molecular complexity index is 372. The molecular weight excluding hydrogens is 264 g/mol. The molecule has 0 aliphatic carbocycles. The molecule has 3 aliphatic heterocycles. The summed E-state index contributed by atoms with van der Waals surface area (Å²) in [5, 5.41) is 0. The molecule has 4 heteroatoms. The number of piperidine rings is 2. The van der Waals surface area contributed by atoms with Crippen molar-refractivity contribution in [2.45, 2.75) is 77.4 Å². The third kappa shape index (κ3) is 3.05. The van der Waals surface area contributed by atoms with Gasteiger partial charge in [0, 0.05) is 18.1 Å². The largest absolute Gasteiger partial charge is 0.450 e. The Labute approximate surface area is 128 Å². The highest BCUT2D eigenvalue weighted by molar-refractivity contribution is 5.69. The van der Waals surface area contributed by atoms with Crippen LogP contribution in [0.1, 0.15) is 59.3 Å². The van der Waals surface area contributed by atoms with Crippen molar-refractivity contribution in [2.24, 2.45) is 5.41 Å². The van der Waals surface area contributed by atoms with Gasteiger partial charge in [0.15, 0.2) is 0 Å². The lowest BCUT2D eigenvalue weighted by atomic mass is 9.81. The molecule has 2 unspecified atom stereocenters. The van der Waals surface area contributed by atoms with Crippen LogP contribution in [0.25, 0.3) is 0 Å². The van der Waals surface area contributed by atoms with E-state index < -0.39 is 0 Å². The average Bonchev–Trinajstić information content (AvgIpc) is 2.70. The zero-order valence-corrected chi connectivity index (χ0v) is 13.8. The summed E-state index contributed by atoms with van der Waals surface area (Å²) in [5.41, 5.74) is 0.515. The van der Waals surface area contributed by atoms with Crippen LogP contribution in [0.15, 0.2) is 0 Å². The van der Waals surface area contributed by atoms with E-state index in [2.05, 4.69) is 18.7 Å². The van der Waals surface area contributed by atoms with Crippen LogP contribution in [0.3, 0.4) is 0 Å². The number of nitrogens with zero attached hydrogens (tertiary/aromatic N) is 2. The van der Waals surface area contributed by atoms with Crippen molar-refractivity contribution in [3.8, 4) is 0 Å². The lowest BCUT2D eigenvalue weighted by Crippen LogP contribution is -2.54. The summed E-state index contributed by atoms with van der Waals surface area (Å²) in [6.45, 7) is 9.61. The first-order valence-corrected chi connectivity index (χ1v) is 8.69. The molecule has 3 heterocycles. The van der Waals surface area contributed by atoms with Crippen molar-refractivity contribution in [3.05, 3.63) is 0 Å². The summed E-state index contributed by atoms with van der Waals surface area (Å²) in [7, 11) is 0. The molecule has 2 bridgehead atoms. The van der Waals surface area contributed by atoms with Gasteiger partial charge in [0.25, 0.3) is 0 Å². The summed E-state index contributed by atoms with van der Waals surface area (Å²) in [6.07, 6.45) is 7.16. The van der Waals surface area contributed by atoms with Crippen molar-refractivity contribution in [1.82, 2.24) is 9.80 Å². The summed E-state index contributed by atoms with van der Waals surface area (Å²) >= 11 is 0. The van der Waals surface area contributed by atoms with E-state index in [-0.39, 0.29) is 6.09 Å². The van der Waals surface area contributed by atoms with Gasteiger partial charge in [-0.05, 0) is 64.0 Å². The first kappa shape index (κ1) is 15.1. The van der Waals surface area contributed by atoms with Gasteiger partial charge in [0.1, 0.15) is 0 Å². The van der Waals surface area contributed by atoms with Gasteiger partial charge >= 0.3 is 6.09 Å². The zero-order chi connectivity index (χ0) is 15.0. The van der Waals surface area contributed by atoms with E-state index in [1.807, 2.05) is 11.8 Å². The van der Waals surface area contributed by atoms with E-state index in [0.29, 0.717) is 30.1 Å². The molecule has 0 aromatic heterocycles. The minimum absolute atomic E-state index is 0.0803. The van der Waals surface area contributed by atoms with Crippen molar-refractivity contribution in [1.29, 1.82) is 0 Å². The lowest BCUT2D eigenvalue weighted by molar-refractivity contribution is 0.0219. The maximum absolute atomic E-state index is 12.1. The Hall–Kier alpha value is -0.770. The second-order valence-corrected chi connectivity index (χ2v) is 7.82. The van der Waals surface area contributed by atoms with E-state index in [1.54, 1.807) is 0 Å². The topological polar surface area (TPSA) is 32.8 Å². The number of ether oxygens (including phenoxy) is 1. The van der Waals surface area contributed by atoms with E-state index in [1.165, 1.54) is 38.8 Å². The lowest BCUT2D eigenvalue weighted by Gasteiger charge is -2.46. The summed E-state index contributed by atoms with van der Waals surface area (Å²) in [6, 6.07) is 1.52. The highest BCUT2D eigenvalue weighted by Gasteiger charge is 2.45. The van der Waals surface area contributed by atoms with Gasteiger partial charge in [0.2, 0.25) is 0 Å². The Kier molecular flexibility index (Phi) is 4.17. The number of carbonyl (C=O) groups is 1. The molecule has 0 N–H and O–H groups in total. The minimum atomic E-state index is -0.0803. The monoisotopic (exact) mass is 294 g/mol. The highest BCUT2D eigenvalue weighted by atomic mass is 16.6. The highest BCUT2D eigenvalue weighted by Crippen LogP contribution is 2.40. The van der Waals surface area contributed by atoms with Crippen molar-refractivity contribution in [2.75, 3.05) is 19.7 Å². The van der Waals surface area contributed by atoms with Gasteiger partial charge in [0.05, 0.1) is 6.61 Å². The van der Waals surface area contributed by atoms with Gasteiger partial charge in [-0.3, -0.25) is 0 Å². The van der Waals surface area contributed by atoms with Crippen LogP contribution >= 0.6 is 0 Å². The fourth-order valence-electron chi connectivity index (χ4n) is 4.44. The first-order valence-electron chi connectivity index (χ1n) is 8.69. The molecule has 0 spiro atoms. The van der Waals surface area contributed by atoms with Gasteiger partial charge in [-0.25, -0.2) is 4.79 Å². The van der Waals surface area contributed by atoms with E-state index >= 15 is 0 Å². The Morgan fingerprint density at radius 3 is 2.19 bits per heavy atom. The molecule has 21 heavy (non-hydrogen) atoms. The smallest absolute Gasteiger partial charge is 0.410 e. The van der Waals surface area contributed by atoms with Crippen LogP contribution in [0.5, 0.6) is 0 Å². The maximum atomic E-state index is 12.1. The van der Waals surface area contributed by atoms with Crippen LogP contribution in [-0.4, -0.2) is 53.7 Å². The standard InChI is InChI=1S/C17H30N2O2/c1-4-21-16(20)19-13-5-6-14(19)12-15(11-13)18-9-7-17(2,3)8-10-18/h13-15H,4-12H2,1-3H3. The van der Waals surface area contributed by atoms with Crippen LogP contribution in [0, 0.1) is 5.41 Å². The SMILES string of the molecule is CCOC(=O)N1C2CCC1CC(N1CCC(C)(C)CC1)C2. The molecule has 2 atom stereocenters. The second-order valence-electron chi connectivity index (χ2n) is 7.82. The summed E-state index contributed by atoms with van der Waals surface area (Å²) in [4.78, 5) is 16.9. The Balaban J connectivity index is 1.60. The molecule has 3 saturated heterocycles. The second kappa shape index (κ2) is 5.79. The number of hydrogen-bond donors (Lipinski definition) is 0. The fourth-order valence-corrected chi connectivity index (χ4v) is 4.44.